The Kier molecular flexibility index (Phi) is 4.94. The number of carbonyl (C=O) groups excluding carboxylic acids is 1. The zero-order chi connectivity index (χ0) is 18.7. The molecule has 0 aliphatic carbocycles. The van der Waals surface area contributed by atoms with Gasteiger partial charge in [-0.05, 0) is 43.0 Å². The van der Waals surface area contributed by atoms with E-state index in [9.17, 15) is 4.79 Å². The van der Waals surface area contributed by atoms with Gasteiger partial charge in [0.2, 0.25) is 0 Å². The highest BCUT2D eigenvalue weighted by Crippen LogP contribution is 2.28. The Morgan fingerprint density at radius 2 is 2.15 bits per heavy atom. The van der Waals surface area contributed by atoms with Gasteiger partial charge in [0.25, 0.3) is 0 Å². The summed E-state index contributed by atoms with van der Waals surface area (Å²) < 4.78 is 0. The van der Waals surface area contributed by atoms with E-state index in [1.807, 2.05) is 19.1 Å². The van der Waals surface area contributed by atoms with E-state index < -0.39 is 6.03 Å². The number of hydrogen-bond acceptors (Lipinski definition) is 6. The SMILES string of the molecule is Cc1ccncc1-c1cc2cc(NC(=O)NC(C)CO)ncc2c(N)n1. The Labute approximate surface area is 150 Å². The van der Waals surface area contributed by atoms with Gasteiger partial charge in [-0.3, -0.25) is 10.3 Å². The van der Waals surface area contributed by atoms with E-state index >= 15 is 0 Å². The predicted octanol–water partition coefficient (Wildman–Crippen LogP) is 2.08. The monoisotopic (exact) mass is 352 g/mol. The van der Waals surface area contributed by atoms with Gasteiger partial charge >= 0.3 is 6.03 Å². The van der Waals surface area contributed by atoms with Crippen molar-refractivity contribution >= 4 is 28.4 Å². The first-order chi connectivity index (χ1) is 12.5. The van der Waals surface area contributed by atoms with Crippen LogP contribution >= 0.6 is 0 Å². The second-order valence-corrected chi connectivity index (χ2v) is 6.06. The Bertz CT molecular complexity index is 960. The Balaban J connectivity index is 1.95. The third-order valence-electron chi connectivity index (χ3n) is 3.95. The molecule has 3 aromatic heterocycles. The van der Waals surface area contributed by atoms with Gasteiger partial charge in [-0.15, -0.1) is 0 Å². The summed E-state index contributed by atoms with van der Waals surface area (Å²) in [4.78, 5) is 24.7. The van der Waals surface area contributed by atoms with E-state index in [1.165, 1.54) is 0 Å². The molecule has 8 nitrogen and oxygen atoms in total. The summed E-state index contributed by atoms with van der Waals surface area (Å²) in [7, 11) is 0. The molecule has 3 heterocycles. The lowest BCUT2D eigenvalue weighted by atomic mass is 10.1. The molecular weight excluding hydrogens is 332 g/mol. The number of urea groups is 1. The summed E-state index contributed by atoms with van der Waals surface area (Å²) in [6, 6.07) is 4.73. The summed E-state index contributed by atoms with van der Waals surface area (Å²) in [5, 5.41) is 15.7. The highest BCUT2D eigenvalue weighted by molar-refractivity contribution is 5.96. The summed E-state index contributed by atoms with van der Waals surface area (Å²) in [6.45, 7) is 3.53. The largest absolute Gasteiger partial charge is 0.394 e. The minimum Gasteiger partial charge on any atom is -0.394 e. The molecule has 0 aromatic carbocycles. The van der Waals surface area contributed by atoms with Crippen molar-refractivity contribution in [1.29, 1.82) is 0 Å². The highest BCUT2D eigenvalue weighted by Gasteiger charge is 2.11. The van der Waals surface area contributed by atoms with Crippen LogP contribution in [0, 0.1) is 6.92 Å². The third-order valence-corrected chi connectivity index (χ3v) is 3.95. The van der Waals surface area contributed by atoms with Crippen LogP contribution < -0.4 is 16.4 Å². The van der Waals surface area contributed by atoms with Gasteiger partial charge in [-0.1, -0.05) is 0 Å². The van der Waals surface area contributed by atoms with Crippen LogP contribution in [-0.2, 0) is 0 Å². The second-order valence-electron chi connectivity index (χ2n) is 6.06. The number of aliphatic hydroxyl groups is 1. The van der Waals surface area contributed by atoms with E-state index in [1.54, 1.807) is 31.6 Å². The van der Waals surface area contributed by atoms with Crippen molar-refractivity contribution in [2.24, 2.45) is 0 Å². The molecule has 0 aliphatic rings. The number of nitrogens with zero attached hydrogens (tertiary/aromatic N) is 3. The topological polar surface area (TPSA) is 126 Å². The summed E-state index contributed by atoms with van der Waals surface area (Å²) >= 11 is 0. The van der Waals surface area contributed by atoms with Gasteiger partial charge in [0.1, 0.15) is 11.6 Å². The number of aryl methyl sites for hydroxylation is 1. The van der Waals surface area contributed by atoms with E-state index in [-0.39, 0.29) is 12.6 Å². The maximum Gasteiger partial charge on any atom is 0.320 e. The number of amides is 2. The quantitative estimate of drug-likeness (QED) is 0.569. The van der Waals surface area contributed by atoms with E-state index in [2.05, 4.69) is 25.6 Å². The zero-order valence-corrected chi connectivity index (χ0v) is 14.5. The number of fused-ring (bicyclic) bond motifs is 1. The lowest BCUT2D eigenvalue weighted by molar-refractivity contribution is 0.229. The van der Waals surface area contributed by atoms with Crippen LogP contribution in [0.1, 0.15) is 12.5 Å². The number of rotatable bonds is 4. The molecular formula is C18H20N6O2. The number of nitrogens with two attached hydrogens (primary N) is 1. The van der Waals surface area contributed by atoms with Crippen LogP contribution in [0.2, 0.25) is 0 Å². The minimum absolute atomic E-state index is 0.144. The predicted molar refractivity (Wildman–Crippen MR) is 101 cm³/mol. The van der Waals surface area contributed by atoms with Gasteiger partial charge in [0.05, 0.1) is 18.3 Å². The second kappa shape index (κ2) is 7.32. The van der Waals surface area contributed by atoms with Crippen molar-refractivity contribution in [3.05, 3.63) is 42.4 Å². The minimum atomic E-state index is -0.441. The van der Waals surface area contributed by atoms with Gasteiger partial charge in [0.15, 0.2) is 0 Å². The summed E-state index contributed by atoms with van der Waals surface area (Å²) in [5.41, 5.74) is 8.71. The molecule has 0 spiro atoms. The van der Waals surface area contributed by atoms with Crippen LogP contribution in [0.15, 0.2) is 36.8 Å². The van der Waals surface area contributed by atoms with Crippen LogP contribution in [0.5, 0.6) is 0 Å². The molecule has 0 bridgehead atoms. The smallest absolute Gasteiger partial charge is 0.320 e. The Hall–Kier alpha value is -3.26. The van der Waals surface area contributed by atoms with E-state index in [0.717, 1.165) is 16.5 Å². The van der Waals surface area contributed by atoms with Crippen molar-refractivity contribution in [2.45, 2.75) is 19.9 Å². The number of anilines is 2. The molecule has 3 rings (SSSR count). The number of nitrogen functional groups attached to an aromatic ring is 1. The van der Waals surface area contributed by atoms with E-state index in [0.29, 0.717) is 22.7 Å². The molecule has 0 aliphatic heterocycles. The number of pyridine rings is 3. The van der Waals surface area contributed by atoms with Crippen LogP contribution in [0.25, 0.3) is 22.0 Å². The van der Waals surface area contributed by atoms with Gasteiger partial charge < -0.3 is 16.2 Å². The first kappa shape index (κ1) is 17.6. The first-order valence-corrected chi connectivity index (χ1v) is 8.13. The fourth-order valence-electron chi connectivity index (χ4n) is 2.53. The molecule has 0 fully saturated rings. The zero-order valence-electron chi connectivity index (χ0n) is 14.5. The van der Waals surface area contributed by atoms with Crippen molar-refractivity contribution in [1.82, 2.24) is 20.3 Å². The van der Waals surface area contributed by atoms with Gasteiger partial charge in [-0.2, -0.15) is 0 Å². The molecule has 26 heavy (non-hydrogen) atoms. The number of nitrogens with one attached hydrogen (secondary N) is 2. The van der Waals surface area contributed by atoms with Crippen molar-refractivity contribution in [3.8, 4) is 11.3 Å². The molecule has 1 unspecified atom stereocenters. The molecule has 8 heteroatoms. The van der Waals surface area contributed by atoms with Crippen LogP contribution in [0.3, 0.4) is 0 Å². The maximum atomic E-state index is 11.9. The van der Waals surface area contributed by atoms with Crippen molar-refractivity contribution < 1.29 is 9.90 Å². The molecule has 0 radical (unpaired) electrons. The van der Waals surface area contributed by atoms with Gasteiger partial charge in [0, 0.05) is 29.5 Å². The average molecular weight is 352 g/mol. The fraction of sp³-hybridized carbons (Fsp3) is 0.222. The third kappa shape index (κ3) is 3.70. The lowest BCUT2D eigenvalue weighted by Gasteiger charge is -2.12. The molecule has 3 aromatic rings. The van der Waals surface area contributed by atoms with E-state index in [4.69, 9.17) is 10.8 Å². The lowest BCUT2D eigenvalue weighted by Crippen LogP contribution is -2.38. The van der Waals surface area contributed by atoms with Crippen molar-refractivity contribution in [2.75, 3.05) is 17.7 Å². The first-order valence-electron chi connectivity index (χ1n) is 8.13. The molecule has 1 atom stereocenters. The molecule has 0 saturated carbocycles. The number of aliphatic hydroxyl groups excluding tert-OH is 1. The molecule has 5 N–H and O–H groups in total. The number of carbonyl (C=O) groups is 1. The normalized spacial score (nSPS) is 12.0. The highest BCUT2D eigenvalue weighted by atomic mass is 16.3. The number of hydrogen-bond donors (Lipinski definition) is 4. The molecule has 2 amide bonds. The Morgan fingerprint density at radius 1 is 1.35 bits per heavy atom. The maximum absolute atomic E-state index is 11.9. The van der Waals surface area contributed by atoms with Crippen LogP contribution in [0.4, 0.5) is 16.4 Å². The summed E-state index contributed by atoms with van der Waals surface area (Å²) in [5.74, 6) is 0.734. The standard InChI is InChI=1S/C18H20N6O2/c1-10-3-4-20-7-13(10)15-5-12-6-16(21-8-14(12)17(19)23-15)24-18(26)22-11(2)9-25/h3-8,11,25H,9H2,1-2H3,(H2,19,23)(H2,21,22,24,26). The fourth-order valence-corrected chi connectivity index (χ4v) is 2.53. The Morgan fingerprint density at radius 3 is 2.88 bits per heavy atom. The number of aromatic nitrogens is 3. The molecule has 134 valence electrons. The van der Waals surface area contributed by atoms with Gasteiger partial charge in [-0.25, -0.2) is 14.8 Å². The van der Waals surface area contributed by atoms with Crippen molar-refractivity contribution in [3.63, 3.8) is 0 Å². The average Bonchev–Trinajstić information content (AvgIpc) is 2.61. The summed E-state index contributed by atoms with van der Waals surface area (Å²) in [6.07, 6.45) is 5.04. The molecule has 0 saturated heterocycles. The van der Waals surface area contributed by atoms with Crippen LogP contribution in [-0.4, -0.2) is 38.7 Å².